The number of ketones is 1. The van der Waals surface area contributed by atoms with Crippen LogP contribution in [0.4, 0.5) is 5.82 Å². The molecule has 2 aromatic carbocycles. The molecule has 6 heteroatoms. The molecule has 0 bridgehead atoms. The zero-order valence-electron chi connectivity index (χ0n) is 15.9. The number of halogens is 1. The second-order valence-corrected chi connectivity index (χ2v) is 8.14. The van der Waals surface area contributed by atoms with Gasteiger partial charge in [0, 0.05) is 22.0 Å². The average Bonchev–Trinajstić information content (AvgIpc) is 2.97. The van der Waals surface area contributed by atoms with Crippen LogP contribution in [0.15, 0.2) is 46.9 Å². The highest BCUT2D eigenvalue weighted by Gasteiger charge is 2.36. The van der Waals surface area contributed by atoms with Gasteiger partial charge in [0.05, 0.1) is 17.3 Å². The molecule has 1 aliphatic heterocycles. The van der Waals surface area contributed by atoms with Gasteiger partial charge in [0.2, 0.25) is 5.91 Å². The summed E-state index contributed by atoms with van der Waals surface area (Å²) in [5, 5.41) is 7.61. The zero-order chi connectivity index (χ0) is 20.0. The highest BCUT2D eigenvalue weighted by Crippen LogP contribution is 2.38. The Bertz CT molecular complexity index is 1100. The Morgan fingerprint density at radius 3 is 2.54 bits per heavy atom. The van der Waals surface area contributed by atoms with Crippen LogP contribution in [0.1, 0.15) is 45.1 Å². The molecule has 0 spiro atoms. The number of Topliss-reactive ketones (excluding diaryl/α,β-unsaturated/α-hetero) is 1. The molecule has 1 aliphatic rings. The highest BCUT2D eigenvalue weighted by atomic mass is 79.9. The summed E-state index contributed by atoms with van der Waals surface area (Å²) in [6.07, 6.45) is 0.126. The summed E-state index contributed by atoms with van der Waals surface area (Å²) in [4.78, 5) is 25.6. The zero-order valence-corrected chi connectivity index (χ0v) is 17.5. The van der Waals surface area contributed by atoms with Gasteiger partial charge in [0.1, 0.15) is 5.82 Å². The molecule has 0 saturated heterocycles. The number of aromatic nitrogens is 2. The van der Waals surface area contributed by atoms with E-state index in [-0.39, 0.29) is 18.1 Å². The van der Waals surface area contributed by atoms with Crippen molar-refractivity contribution in [3.05, 3.63) is 74.9 Å². The minimum atomic E-state index is -0.538. The van der Waals surface area contributed by atoms with Crippen molar-refractivity contribution in [1.29, 1.82) is 0 Å². The number of hydrogen-bond donors (Lipinski definition) is 1. The van der Waals surface area contributed by atoms with Crippen molar-refractivity contribution in [3.8, 4) is 5.69 Å². The smallest absolute Gasteiger partial charge is 0.226 e. The number of aryl methyl sites for hydroxylation is 3. The summed E-state index contributed by atoms with van der Waals surface area (Å²) in [5.41, 5.74) is 5.25. The monoisotopic (exact) mass is 437 g/mol. The fourth-order valence-corrected chi connectivity index (χ4v) is 4.07. The molecule has 28 heavy (non-hydrogen) atoms. The fraction of sp³-hybridized carbons (Fsp3) is 0.227. The van der Waals surface area contributed by atoms with E-state index in [2.05, 4.69) is 32.4 Å². The molecular formula is C22H20BrN3O2. The Labute approximate surface area is 171 Å². The second kappa shape index (κ2) is 7.02. The van der Waals surface area contributed by atoms with Gasteiger partial charge < -0.3 is 5.32 Å². The summed E-state index contributed by atoms with van der Waals surface area (Å²) in [5.74, 6) is -0.179. The Balaban J connectivity index is 1.83. The van der Waals surface area contributed by atoms with Crippen molar-refractivity contribution in [2.45, 2.75) is 33.1 Å². The van der Waals surface area contributed by atoms with Crippen LogP contribution >= 0.6 is 15.9 Å². The molecule has 142 valence electrons. The van der Waals surface area contributed by atoms with Gasteiger partial charge >= 0.3 is 0 Å². The van der Waals surface area contributed by atoms with E-state index in [1.165, 1.54) is 0 Å². The fourth-order valence-electron chi connectivity index (χ4n) is 3.80. The van der Waals surface area contributed by atoms with E-state index in [4.69, 9.17) is 0 Å². The molecule has 1 aromatic heterocycles. The van der Waals surface area contributed by atoms with Gasteiger partial charge in [-0.1, -0.05) is 45.8 Å². The van der Waals surface area contributed by atoms with Crippen LogP contribution in [0.3, 0.4) is 0 Å². The van der Waals surface area contributed by atoms with E-state index in [1.807, 2.05) is 45.0 Å². The molecule has 0 fully saturated rings. The second-order valence-electron chi connectivity index (χ2n) is 7.23. The van der Waals surface area contributed by atoms with Crippen molar-refractivity contribution >= 4 is 33.4 Å². The van der Waals surface area contributed by atoms with E-state index in [9.17, 15) is 9.59 Å². The quantitative estimate of drug-likeness (QED) is 0.594. The van der Waals surface area contributed by atoms with E-state index >= 15 is 0 Å². The third kappa shape index (κ3) is 3.18. The van der Waals surface area contributed by atoms with Crippen LogP contribution in [0.25, 0.3) is 5.69 Å². The first-order valence-electron chi connectivity index (χ1n) is 9.12. The number of hydrogen-bond acceptors (Lipinski definition) is 3. The molecule has 0 radical (unpaired) electrons. The molecule has 1 amide bonds. The number of nitrogens with zero attached hydrogens (tertiary/aromatic N) is 2. The first-order valence-corrected chi connectivity index (χ1v) is 9.91. The number of nitrogens with one attached hydrogen (secondary N) is 1. The van der Waals surface area contributed by atoms with Crippen LogP contribution in [0, 0.1) is 20.8 Å². The standard InChI is InChI=1S/C22H20BrN3O2/c1-12-4-9-18(13(2)10-12)26-22-20(14(3)25-26)17(11-19(27)24-22)21(28)15-5-7-16(23)8-6-15/h4-10,17H,11H2,1-3H3,(H,24,27)/t17-/m0/s1. The van der Waals surface area contributed by atoms with Crippen LogP contribution in [0.2, 0.25) is 0 Å². The number of carbonyl (C=O) groups is 2. The minimum Gasteiger partial charge on any atom is -0.310 e. The Kier molecular flexibility index (Phi) is 4.67. The maximum atomic E-state index is 13.2. The summed E-state index contributed by atoms with van der Waals surface area (Å²) < 4.78 is 2.66. The SMILES string of the molecule is Cc1ccc(-n2nc(C)c3c2NC(=O)C[C@@H]3C(=O)c2ccc(Br)cc2)c(C)c1. The molecule has 5 nitrogen and oxygen atoms in total. The largest absolute Gasteiger partial charge is 0.310 e. The summed E-state index contributed by atoms with van der Waals surface area (Å²) in [6.45, 7) is 5.94. The number of anilines is 1. The van der Waals surface area contributed by atoms with E-state index in [1.54, 1.807) is 16.8 Å². The lowest BCUT2D eigenvalue weighted by Gasteiger charge is -2.23. The van der Waals surface area contributed by atoms with Crippen molar-refractivity contribution in [3.63, 3.8) is 0 Å². The van der Waals surface area contributed by atoms with Gasteiger partial charge in [0.15, 0.2) is 5.78 Å². The van der Waals surface area contributed by atoms with Gasteiger partial charge in [-0.15, -0.1) is 0 Å². The van der Waals surface area contributed by atoms with E-state index in [0.29, 0.717) is 11.4 Å². The van der Waals surface area contributed by atoms with Crippen molar-refractivity contribution in [2.75, 3.05) is 5.32 Å². The minimum absolute atomic E-state index is 0.0631. The molecular weight excluding hydrogens is 418 g/mol. The average molecular weight is 438 g/mol. The maximum absolute atomic E-state index is 13.2. The molecule has 1 atom stereocenters. The Morgan fingerprint density at radius 2 is 1.86 bits per heavy atom. The first-order chi connectivity index (χ1) is 13.3. The van der Waals surface area contributed by atoms with Crippen LogP contribution in [-0.2, 0) is 4.79 Å². The molecule has 1 N–H and O–H groups in total. The highest BCUT2D eigenvalue weighted by molar-refractivity contribution is 9.10. The van der Waals surface area contributed by atoms with Crippen LogP contribution < -0.4 is 5.32 Å². The lowest BCUT2D eigenvalue weighted by Crippen LogP contribution is -2.28. The van der Waals surface area contributed by atoms with Gasteiger partial charge in [-0.3, -0.25) is 9.59 Å². The molecule has 0 aliphatic carbocycles. The van der Waals surface area contributed by atoms with Crippen molar-refractivity contribution < 1.29 is 9.59 Å². The number of fused-ring (bicyclic) bond motifs is 1. The van der Waals surface area contributed by atoms with E-state index in [0.717, 1.165) is 32.5 Å². The maximum Gasteiger partial charge on any atom is 0.226 e. The summed E-state index contributed by atoms with van der Waals surface area (Å²) >= 11 is 3.39. The first kappa shape index (κ1) is 18.6. The third-order valence-corrected chi connectivity index (χ3v) is 5.66. The Hall–Kier alpha value is -2.73. The van der Waals surface area contributed by atoms with Gasteiger partial charge in [-0.05, 0) is 44.5 Å². The molecule has 3 aromatic rings. The number of rotatable bonds is 3. The lowest BCUT2D eigenvalue weighted by atomic mass is 9.85. The summed E-state index contributed by atoms with van der Waals surface area (Å²) in [6, 6.07) is 13.3. The molecule has 4 rings (SSSR count). The molecule has 0 unspecified atom stereocenters. The van der Waals surface area contributed by atoms with Crippen LogP contribution in [-0.4, -0.2) is 21.5 Å². The Morgan fingerprint density at radius 1 is 1.14 bits per heavy atom. The van der Waals surface area contributed by atoms with Gasteiger partial charge in [-0.25, -0.2) is 4.68 Å². The lowest BCUT2D eigenvalue weighted by molar-refractivity contribution is -0.116. The normalized spacial score (nSPS) is 15.9. The van der Waals surface area contributed by atoms with Crippen LogP contribution in [0.5, 0.6) is 0 Å². The predicted octanol–water partition coefficient (Wildman–Crippen LogP) is 4.87. The number of amides is 1. The number of benzene rings is 2. The molecule has 0 saturated carbocycles. The molecule has 2 heterocycles. The van der Waals surface area contributed by atoms with Crippen molar-refractivity contribution in [2.24, 2.45) is 0 Å². The van der Waals surface area contributed by atoms with Gasteiger partial charge in [-0.2, -0.15) is 5.10 Å². The predicted molar refractivity (Wildman–Crippen MR) is 112 cm³/mol. The van der Waals surface area contributed by atoms with E-state index < -0.39 is 5.92 Å². The topological polar surface area (TPSA) is 64.0 Å². The number of carbonyl (C=O) groups excluding carboxylic acids is 2. The third-order valence-electron chi connectivity index (χ3n) is 5.13. The van der Waals surface area contributed by atoms with Gasteiger partial charge in [0.25, 0.3) is 0 Å². The summed E-state index contributed by atoms with van der Waals surface area (Å²) in [7, 11) is 0. The van der Waals surface area contributed by atoms with Crippen molar-refractivity contribution in [1.82, 2.24) is 9.78 Å².